The van der Waals surface area contributed by atoms with Gasteiger partial charge >= 0.3 is 11.5 Å². The maximum absolute atomic E-state index is 12.4. The Morgan fingerprint density at radius 1 is 1.53 bits per heavy atom. The van der Waals surface area contributed by atoms with Gasteiger partial charge in [-0.2, -0.15) is 18.4 Å². The summed E-state index contributed by atoms with van der Waals surface area (Å²) in [5.74, 6) is -1.65. The van der Waals surface area contributed by atoms with E-state index in [4.69, 9.17) is 5.26 Å². The van der Waals surface area contributed by atoms with Crippen molar-refractivity contribution in [3.63, 3.8) is 0 Å². The molecule has 0 aliphatic heterocycles. The van der Waals surface area contributed by atoms with Gasteiger partial charge in [0.05, 0.1) is 12.2 Å². The standard InChI is InChI=1S/C11H8F3NO3S/c1-2-18-10(17)9-6(5-15)7(16)3-4-8(9)19-11(12,13)14/h3-4,16H,2H2,1H3. The summed E-state index contributed by atoms with van der Waals surface area (Å²) >= 11 is -0.543. The first-order valence-corrected chi connectivity index (χ1v) is 5.80. The summed E-state index contributed by atoms with van der Waals surface area (Å²) in [6.07, 6.45) is 0. The van der Waals surface area contributed by atoms with Crippen LogP contribution in [-0.4, -0.2) is 23.2 Å². The number of aromatic hydroxyl groups is 1. The number of rotatable bonds is 3. The minimum atomic E-state index is -4.62. The van der Waals surface area contributed by atoms with Gasteiger partial charge in [-0.1, -0.05) is 0 Å². The fourth-order valence-electron chi connectivity index (χ4n) is 1.30. The van der Waals surface area contributed by atoms with Crippen LogP contribution in [0.5, 0.6) is 5.75 Å². The number of esters is 1. The molecule has 0 atom stereocenters. The molecule has 4 nitrogen and oxygen atoms in total. The van der Waals surface area contributed by atoms with Crippen LogP contribution in [0.25, 0.3) is 0 Å². The van der Waals surface area contributed by atoms with Crippen molar-refractivity contribution in [2.75, 3.05) is 6.61 Å². The fourth-order valence-corrected chi connectivity index (χ4v) is 1.97. The Labute approximate surface area is 110 Å². The van der Waals surface area contributed by atoms with Gasteiger partial charge in [-0.15, -0.1) is 0 Å². The summed E-state index contributed by atoms with van der Waals surface area (Å²) < 4.78 is 41.7. The number of nitrogens with zero attached hydrogens (tertiary/aromatic N) is 1. The molecule has 0 saturated heterocycles. The molecule has 0 amide bonds. The summed E-state index contributed by atoms with van der Waals surface area (Å²) in [6.45, 7) is 1.42. The number of carbonyl (C=O) groups excluding carboxylic acids is 1. The molecule has 0 unspecified atom stereocenters. The molecule has 0 aromatic heterocycles. The topological polar surface area (TPSA) is 70.3 Å². The smallest absolute Gasteiger partial charge is 0.446 e. The highest BCUT2D eigenvalue weighted by atomic mass is 32.2. The molecule has 19 heavy (non-hydrogen) atoms. The molecule has 1 N–H and O–H groups in total. The third kappa shape index (κ3) is 3.79. The number of nitriles is 1. The van der Waals surface area contributed by atoms with Gasteiger partial charge in [-0.05, 0) is 30.8 Å². The van der Waals surface area contributed by atoms with Crippen molar-refractivity contribution in [3.05, 3.63) is 23.3 Å². The number of phenolic OH excluding ortho intramolecular Hbond substituents is 1. The second kappa shape index (κ2) is 5.84. The summed E-state index contributed by atoms with van der Waals surface area (Å²) in [4.78, 5) is 11.1. The van der Waals surface area contributed by atoms with Gasteiger partial charge < -0.3 is 9.84 Å². The van der Waals surface area contributed by atoms with Gasteiger partial charge in [0.25, 0.3) is 0 Å². The average molecular weight is 291 g/mol. The minimum absolute atomic E-state index is 0.0600. The molecule has 102 valence electrons. The predicted molar refractivity (Wildman–Crippen MR) is 60.7 cm³/mol. The van der Waals surface area contributed by atoms with Crippen LogP contribution in [0.4, 0.5) is 13.2 Å². The maximum Gasteiger partial charge on any atom is 0.446 e. The van der Waals surface area contributed by atoms with E-state index in [1.807, 2.05) is 0 Å². The molecule has 0 aliphatic carbocycles. The highest BCUT2D eigenvalue weighted by Gasteiger charge is 2.33. The number of hydrogen-bond acceptors (Lipinski definition) is 5. The largest absolute Gasteiger partial charge is 0.507 e. The number of ether oxygens (including phenoxy) is 1. The van der Waals surface area contributed by atoms with Crippen molar-refractivity contribution in [2.45, 2.75) is 17.3 Å². The van der Waals surface area contributed by atoms with E-state index in [1.165, 1.54) is 13.0 Å². The Kier molecular flexibility index (Phi) is 4.67. The van der Waals surface area contributed by atoms with Gasteiger partial charge in [0, 0.05) is 4.90 Å². The number of alkyl halides is 3. The van der Waals surface area contributed by atoms with E-state index in [0.717, 1.165) is 12.1 Å². The Morgan fingerprint density at radius 3 is 2.63 bits per heavy atom. The van der Waals surface area contributed by atoms with Crippen LogP contribution >= 0.6 is 11.8 Å². The van der Waals surface area contributed by atoms with Gasteiger partial charge in [0.1, 0.15) is 17.4 Å². The van der Waals surface area contributed by atoms with Crippen LogP contribution < -0.4 is 0 Å². The normalized spacial score (nSPS) is 10.9. The first-order chi connectivity index (χ1) is 8.80. The fraction of sp³-hybridized carbons (Fsp3) is 0.273. The van der Waals surface area contributed by atoms with Gasteiger partial charge in [-0.3, -0.25) is 0 Å². The van der Waals surface area contributed by atoms with E-state index in [2.05, 4.69) is 4.74 Å². The van der Waals surface area contributed by atoms with Crippen molar-refractivity contribution in [1.82, 2.24) is 0 Å². The van der Waals surface area contributed by atoms with Crippen LogP contribution in [0.2, 0.25) is 0 Å². The highest BCUT2D eigenvalue weighted by Crippen LogP contribution is 2.41. The third-order valence-electron chi connectivity index (χ3n) is 1.96. The van der Waals surface area contributed by atoms with Crippen molar-refractivity contribution in [2.24, 2.45) is 0 Å². The van der Waals surface area contributed by atoms with E-state index in [9.17, 15) is 23.1 Å². The first kappa shape index (κ1) is 15.2. The average Bonchev–Trinajstić information content (AvgIpc) is 2.29. The van der Waals surface area contributed by atoms with Crippen LogP contribution in [0.1, 0.15) is 22.8 Å². The molecule has 1 rings (SSSR count). The quantitative estimate of drug-likeness (QED) is 0.684. The summed E-state index contributed by atoms with van der Waals surface area (Å²) in [7, 11) is 0. The van der Waals surface area contributed by atoms with Crippen molar-refractivity contribution >= 4 is 17.7 Å². The Bertz CT molecular complexity index is 537. The second-order valence-corrected chi connectivity index (χ2v) is 4.32. The van der Waals surface area contributed by atoms with Crippen LogP contribution in [0.15, 0.2) is 17.0 Å². The minimum Gasteiger partial charge on any atom is -0.507 e. The molecule has 0 aliphatic rings. The van der Waals surface area contributed by atoms with E-state index in [0.29, 0.717) is 0 Å². The van der Waals surface area contributed by atoms with E-state index in [-0.39, 0.29) is 6.61 Å². The van der Waals surface area contributed by atoms with Gasteiger partial charge in [-0.25, -0.2) is 4.79 Å². The summed E-state index contributed by atoms with van der Waals surface area (Å²) in [5, 5.41) is 18.2. The molecular weight excluding hydrogens is 283 g/mol. The number of phenols is 1. The zero-order chi connectivity index (χ0) is 14.6. The second-order valence-electron chi connectivity index (χ2n) is 3.21. The van der Waals surface area contributed by atoms with Crippen molar-refractivity contribution in [3.8, 4) is 11.8 Å². The molecule has 0 fully saturated rings. The molecule has 1 aromatic rings. The lowest BCUT2D eigenvalue weighted by Gasteiger charge is -2.12. The lowest BCUT2D eigenvalue weighted by Crippen LogP contribution is -2.11. The lowest BCUT2D eigenvalue weighted by atomic mass is 10.1. The SMILES string of the molecule is CCOC(=O)c1c(SC(F)(F)F)ccc(O)c1C#N. The molecule has 0 saturated carbocycles. The maximum atomic E-state index is 12.4. The van der Waals surface area contributed by atoms with Crippen molar-refractivity contribution < 1.29 is 27.8 Å². The van der Waals surface area contributed by atoms with E-state index in [1.54, 1.807) is 0 Å². The van der Waals surface area contributed by atoms with Crippen LogP contribution in [-0.2, 0) is 4.74 Å². The molecule has 0 bridgehead atoms. The predicted octanol–water partition coefficient (Wildman–Crippen LogP) is 3.05. The number of halogens is 3. The Hall–Kier alpha value is -1.88. The molecule has 0 heterocycles. The van der Waals surface area contributed by atoms with Gasteiger partial charge in [0.2, 0.25) is 0 Å². The molecule has 0 spiro atoms. The zero-order valence-corrected chi connectivity index (χ0v) is 10.4. The van der Waals surface area contributed by atoms with Crippen LogP contribution in [0, 0.1) is 11.3 Å². The molecule has 8 heteroatoms. The van der Waals surface area contributed by atoms with Crippen molar-refractivity contribution in [1.29, 1.82) is 5.26 Å². The third-order valence-corrected chi connectivity index (χ3v) is 2.75. The Balaban J connectivity index is 3.39. The Morgan fingerprint density at radius 2 is 2.16 bits per heavy atom. The number of thioether (sulfide) groups is 1. The lowest BCUT2D eigenvalue weighted by molar-refractivity contribution is -0.0328. The van der Waals surface area contributed by atoms with Gasteiger partial charge in [0.15, 0.2) is 0 Å². The van der Waals surface area contributed by atoms with E-state index < -0.39 is 45.0 Å². The number of carbonyl (C=O) groups is 1. The van der Waals surface area contributed by atoms with Crippen LogP contribution in [0.3, 0.4) is 0 Å². The summed E-state index contributed by atoms with van der Waals surface area (Å²) in [5.41, 5.74) is -5.73. The highest BCUT2D eigenvalue weighted by molar-refractivity contribution is 8.00. The summed E-state index contributed by atoms with van der Waals surface area (Å²) in [6, 6.07) is 3.34. The first-order valence-electron chi connectivity index (χ1n) is 4.99. The molecule has 0 radical (unpaired) electrons. The monoisotopic (exact) mass is 291 g/mol. The number of hydrogen-bond donors (Lipinski definition) is 1. The zero-order valence-electron chi connectivity index (χ0n) is 9.61. The molecular formula is C11H8F3NO3S. The molecule has 1 aromatic carbocycles. The number of benzene rings is 1. The van der Waals surface area contributed by atoms with E-state index >= 15 is 0 Å².